The first-order valence-corrected chi connectivity index (χ1v) is 10.8. The molecule has 3 aromatic rings. The van der Waals surface area contributed by atoms with Crippen LogP contribution in [0.15, 0.2) is 83.8 Å². The van der Waals surface area contributed by atoms with E-state index in [1.54, 1.807) is 24.3 Å². The van der Waals surface area contributed by atoms with Crippen molar-refractivity contribution in [2.45, 2.75) is 4.90 Å². The summed E-state index contributed by atoms with van der Waals surface area (Å²) in [6.45, 7) is 0. The topological polar surface area (TPSA) is 79.5 Å². The maximum atomic E-state index is 12.3. The summed E-state index contributed by atoms with van der Waals surface area (Å²) >= 11 is 6.72. The van der Waals surface area contributed by atoms with Gasteiger partial charge < -0.3 is 20.7 Å². The molecule has 3 N–H and O–H groups in total. The number of hydrogen-bond donors (Lipinski definition) is 3. The van der Waals surface area contributed by atoms with E-state index in [0.29, 0.717) is 16.4 Å². The van der Waals surface area contributed by atoms with E-state index in [2.05, 4.69) is 16.0 Å². The number of rotatable bonds is 7. The van der Waals surface area contributed by atoms with E-state index in [9.17, 15) is 9.59 Å². The van der Waals surface area contributed by atoms with Gasteiger partial charge in [0.1, 0.15) is 0 Å². The van der Waals surface area contributed by atoms with Crippen molar-refractivity contribution in [2.24, 2.45) is 0 Å². The molecule has 0 radical (unpaired) electrons. The molecule has 0 aromatic heterocycles. The molecule has 0 aliphatic carbocycles. The Bertz CT molecular complexity index is 1060. The van der Waals surface area contributed by atoms with E-state index in [1.165, 1.54) is 18.9 Å². The Hall–Kier alpha value is -3.36. The van der Waals surface area contributed by atoms with E-state index >= 15 is 0 Å². The third kappa shape index (κ3) is 6.84. The van der Waals surface area contributed by atoms with Gasteiger partial charge >= 0.3 is 5.97 Å². The number of ether oxygens (including phenoxy) is 1. The molecule has 6 nitrogen and oxygen atoms in total. The van der Waals surface area contributed by atoms with Crippen LogP contribution in [0.25, 0.3) is 0 Å². The summed E-state index contributed by atoms with van der Waals surface area (Å²) in [7, 11) is 1.31. The molecule has 3 aromatic carbocycles. The molecule has 0 spiro atoms. The monoisotopic (exact) mass is 451 g/mol. The van der Waals surface area contributed by atoms with Crippen molar-refractivity contribution < 1.29 is 14.3 Å². The average molecular weight is 452 g/mol. The molecule has 158 valence electrons. The van der Waals surface area contributed by atoms with Crippen LogP contribution in [0.5, 0.6) is 0 Å². The largest absolute Gasteiger partial charge is 0.465 e. The number of hydrogen-bond acceptors (Lipinski definition) is 5. The quantitative estimate of drug-likeness (QED) is 0.265. The minimum atomic E-state index is -0.494. The summed E-state index contributed by atoms with van der Waals surface area (Å²) in [4.78, 5) is 25.1. The fourth-order valence-corrected chi connectivity index (χ4v) is 3.60. The number of methoxy groups -OCH3 is 1. The van der Waals surface area contributed by atoms with E-state index in [4.69, 9.17) is 17.0 Å². The van der Waals surface area contributed by atoms with Crippen LogP contribution < -0.4 is 16.0 Å². The minimum absolute atomic E-state index is 0.205. The molecule has 0 saturated heterocycles. The van der Waals surface area contributed by atoms with Gasteiger partial charge in [-0.25, -0.2) is 4.79 Å². The number of esters is 1. The van der Waals surface area contributed by atoms with Gasteiger partial charge in [-0.3, -0.25) is 4.79 Å². The van der Waals surface area contributed by atoms with Crippen LogP contribution in [0.3, 0.4) is 0 Å². The Balaban J connectivity index is 1.50. The summed E-state index contributed by atoms with van der Waals surface area (Å²) < 4.78 is 4.74. The highest BCUT2D eigenvalue weighted by Crippen LogP contribution is 2.22. The number of amides is 1. The Morgan fingerprint density at radius 2 is 1.45 bits per heavy atom. The number of anilines is 3. The molecule has 0 bridgehead atoms. The Labute approximate surface area is 190 Å². The minimum Gasteiger partial charge on any atom is -0.465 e. The fourth-order valence-electron chi connectivity index (χ4n) is 2.66. The molecule has 0 saturated carbocycles. The van der Waals surface area contributed by atoms with Crippen LogP contribution in [-0.2, 0) is 9.53 Å². The molecule has 0 aliphatic heterocycles. The van der Waals surface area contributed by atoms with Gasteiger partial charge in [0.2, 0.25) is 5.91 Å². The van der Waals surface area contributed by atoms with Crippen LogP contribution in [-0.4, -0.2) is 29.9 Å². The van der Waals surface area contributed by atoms with Crippen molar-refractivity contribution in [1.82, 2.24) is 0 Å². The molecule has 3 rings (SSSR count). The molecule has 0 atom stereocenters. The summed E-state index contributed by atoms with van der Waals surface area (Å²) in [5.74, 6) is -0.501. The second kappa shape index (κ2) is 11.1. The normalized spacial score (nSPS) is 10.1. The maximum Gasteiger partial charge on any atom is 0.339 e. The number of benzene rings is 3. The molecule has 8 heteroatoms. The smallest absolute Gasteiger partial charge is 0.339 e. The number of para-hydroxylation sites is 2. The first-order valence-electron chi connectivity index (χ1n) is 9.38. The third-order valence-corrected chi connectivity index (χ3v) is 5.34. The molecular weight excluding hydrogens is 430 g/mol. The molecule has 0 aliphatic rings. The zero-order valence-electron chi connectivity index (χ0n) is 16.8. The van der Waals surface area contributed by atoms with Gasteiger partial charge in [0.15, 0.2) is 5.11 Å². The highest BCUT2D eigenvalue weighted by atomic mass is 32.2. The summed E-state index contributed by atoms with van der Waals surface area (Å²) in [6, 6.07) is 24.0. The Morgan fingerprint density at radius 3 is 2.13 bits per heavy atom. The first kappa shape index (κ1) is 22.3. The van der Waals surface area contributed by atoms with Gasteiger partial charge in [-0.05, 0) is 60.7 Å². The summed E-state index contributed by atoms with van der Waals surface area (Å²) in [6.07, 6.45) is 0. The van der Waals surface area contributed by atoms with Gasteiger partial charge in [-0.2, -0.15) is 0 Å². The number of thioether (sulfide) groups is 1. The highest BCUT2D eigenvalue weighted by molar-refractivity contribution is 8.00. The van der Waals surface area contributed by atoms with Gasteiger partial charge in [-0.15, -0.1) is 11.8 Å². The summed E-state index contributed by atoms with van der Waals surface area (Å²) in [5, 5.41) is 9.49. The van der Waals surface area contributed by atoms with Crippen LogP contribution in [0.4, 0.5) is 17.1 Å². The average Bonchev–Trinajstić information content (AvgIpc) is 2.79. The highest BCUT2D eigenvalue weighted by Gasteiger charge is 2.13. The fraction of sp³-hybridized carbons (Fsp3) is 0.0870. The van der Waals surface area contributed by atoms with E-state index < -0.39 is 5.97 Å². The Morgan fingerprint density at radius 1 is 0.839 bits per heavy atom. The lowest BCUT2D eigenvalue weighted by molar-refractivity contribution is -0.113. The molecule has 0 fully saturated rings. The zero-order chi connectivity index (χ0) is 22.1. The second-order valence-corrected chi connectivity index (χ2v) is 7.80. The van der Waals surface area contributed by atoms with Gasteiger partial charge in [0.25, 0.3) is 0 Å². The standard InChI is InChI=1S/C23H21N3O3S2/c1-29-22(28)19-9-5-6-10-20(19)26-21(27)15-31-18-13-11-17(12-14-18)25-23(30)24-16-7-3-2-4-8-16/h2-14H,15H2,1H3,(H,26,27)(H2,24,25,30). The maximum absolute atomic E-state index is 12.3. The molecule has 31 heavy (non-hydrogen) atoms. The van der Waals surface area contributed by atoms with E-state index in [-0.39, 0.29) is 11.7 Å². The lowest BCUT2D eigenvalue weighted by Gasteiger charge is -2.11. The molecule has 0 heterocycles. The van der Waals surface area contributed by atoms with Crippen molar-refractivity contribution in [3.63, 3.8) is 0 Å². The number of carbonyl (C=O) groups is 2. The lowest BCUT2D eigenvalue weighted by atomic mass is 10.2. The predicted octanol–water partition coefficient (Wildman–Crippen LogP) is 5.01. The SMILES string of the molecule is COC(=O)c1ccccc1NC(=O)CSc1ccc(NC(=S)Nc2ccccc2)cc1. The van der Waals surface area contributed by atoms with Crippen molar-refractivity contribution in [3.05, 3.63) is 84.4 Å². The number of carbonyl (C=O) groups excluding carboxylic acids is 2. The van der Waals surface area contributed by atoms with Crippen molar-refractivity contribution in [3.8, 4) is 0 Å². The molecule has 1 amide bonds. The van der Waals surface area contributed by atoms with Gasteiger partial charge in [0.05, 0.1) is 24.1 Å². The van der Waals surface area contributed by atoms with Crippen molar-refractivity contribution in [2.75, 3.05) is 28.8 Å². The van der Waals surface area contributed by atoms with Gasteiger partial charge in [-0.1, -0.05) is 30.3 Å². The first-order chi connectivity index (χ1) is 15.0. The lowest BCUT2D eigenvalue weighted by Crippen LogP contribution is -2.18. The van der Waals surface area contributed by atoms with Crippen LogP contribution >= 0.6 is 24.0 Å². The second-order valence-electron chi connectivity index (χ2n) is 6.34. The Kier molecular flexibility index (Phi) is 8.03. The van der Waals surface area contributed by atoms with Crippen LogP contribution in [0.1, 0.15) is 10.4 Å². The van der Waals surface area contributed by atoms with Crippen LogP contribution in [0.2, 0.25) is 0 Å². The predicted molar refractivity (Wildman–Crippen MR) is 130 cm³/mol. The van der Waals surface area contributed by atoms with Gasteiger partial charge in [0, 0.05) is 16.3 Å². The summed E-state index contributed by atoms with van der Waals surface area (Å²) in [5.41, 5.74) is 2.50. The third-order valence-electron chi connectivity index (χ3n) is 4.12. The van der Waals surface area contributed by atoms with Crippen LogP contribution in [0, 0.1) is 0 Å². The zero-order valence-corrected chi connectivity index (χ0v) is 18.4. The number of thiocarbonyl (C=S) groups is 1. The molecule has 0 unspecified atom stereocenters. The van der Waals surface area contributed by atoms with Crippen molar-refractivity contribution in [1.29, 1.82) is 0 Å². The van der Waals surface area contributed by atoms with E-state index in [1.807, 2.05) is 54.6 Å². The van der Waals surface area contributed by atoms with Crippen molar-refractivity contribution >= 4 is 58.0 Å². The number of nitrogens with one attached hydrogen (secondary N) is 3. The van der Waals surface area contributed by atoms with E-state index in [0.717, 1.165) is 16.3 Å². The molecular formula is C23H21N3O3S2.